The maximum absolute atomic E-state index is 4.42. The molecule has 1 N–H and O–H groups in total. The number of fused-ring (bicyclic) bond motifs is 1. The molecule has 0 saturated carbocycles. The van der Waals surface area contributed by atoms with Crippen LogP contribution in [0.3, 0.4) is 0 Å². The number of H-pyrrole nitrogens is 1. The molecule has 0 saturated heterocycles. The maximum atomic E-state index is 4.42. The summed E-state index contributed by atoms with van der Waals surface area (Å²) < 4.78 is 0. The summed E-state index contributed by atoms with van der Waals surface area (Å²) in [6.45, 7) is 1.81. The number of rotatable bonds is 4. The number of thiazole rings is 1. The van der Waals surface area contributed by atoms with Gasteiger partial charge in [-0.3, -0.25) is 10.00 Å². The molecule has 4 nitrogen and oxygen atoms in total. The van der Waals surface area contributed by atoms with Gasteiger partial charge in [-0.25, -0.2) is 4.98 Å². The van der Waals surface area contributed by atoms with Crippen molar-refractivity contribution in [3.63, 3.8) is 0 Å². The predicted octanol–water partition coefficient (Wildman–Crippen LogP) is 1.99. The number of hydrogen-bond donors (Lipinski definition) is 1. The lowest BCUT2D eigenvalue weighted by Crippen LogP contribution is -2.18. The Morgan fingerprint density at radius 2 is 2.35 bits per heavy atom. The first kappa shape index (κ1) is 10.9. The van der Waals surface area contributed by atoms with Crippen molar-refractivity contribution in [2.75, 3.05) is 7.05 Å². The van der Waals surface area contributed by atoms with Crippen LogP contribution in [0.4, 0.5) is 0 Å². The van der Waals surface area contributed by atoms with E-state index in [4.69, 9.17) is 0 Å². The van der Waals surface area contributed by atoms with E-state index in [1.807, 2.05) is 11.6 Å². The average Bonchev–Trinajstić information content (AvgIpc) is 2.97. The summed E-state index contributed by atoms with van der Waals surface area (Å²) in [6.07, 6.45) is 5.48. The lowest BCUT2D eigenvalue weighted by molar-refractivity contribution is 0.313. The van der Waals surface area contributed by atoms with Crippen LogP contribution in [-0.4, -0.2) is 27.1 Å². The van der Waals surface area contributed by atoms with Crippen LogP contribution in [-0.2, 0) is 25.9 Å². The summed E-state index contributed by atoms with van der Waals surface area (Å²) >= 11 is 1.71. The first-order valence-electron chi connectivity index (χ1n) is 5.95. The van der Waals surface area contributed by atoms with E-state index < -0.39 is 0 Å². The van der Waals surface area contributed by atoms with Gasteiger partial charge in [-0.2, -0.15) is 5.10 Å². The van der Waals surface area contributed by atoms with E-state index in [-0.39, 0.29) is 0 Å². The molecule has 0 bridgehead atoms. The minimum Gasteiger partial charge on any atom is -0.294 e. The van der Waals surface area contributed by atoms with Crippen LogP contribution in [0.5, 0.6) is 0 Å². The van der Waals surface area contributed by atoms with Crippen molar-refractivity contribution in [2.24, 2.45) is 0 Å². The van der Waals surface area contributed by atoms with Gasteiger partial charge in [0.2, 0.25) is 0 Å². The van der Waals surface area contributed by atoms with Crippen LogP contribution in [0.15, 0.2) is 11.6 Å². The molecule has 90 valence electrons. The highest BCUT2D eigenvalue weighted by molar-refractivity contribution is 7.09. The number of aromatic nitrogens is 3. The molecule has 0 fully saturated rings. The van der Waals surface area contributed by atoms with Gasteiger partial charge in [0, 0.05) is 23.8 Å². The van der Waals surface area contributed by atoms with Gasteiger partial charge >= 0.3 is 0 Å². The highest BCUT2D eigenvalue weighted by atomic mass is 32.1. The van der Waals surface area contributed by atoms with Gasteiger partial charge in [0.25, 0.3) is 0 Å². The van der Waals surface area contributed by atoms with E-state index in [1.54, 1.807) is 11.3 Å². The average molecular weight is 248 g/mol. The third-order valence-corrected chi connectivity index (χ3v) is 3.96. The topological polar surface area (TPSA) is 44.8 Å². The third-order valence-electron chi connectivity index (χ3n) is 3.20. The monoisotopic (exact) mass is 248 g/mol. The fourth-order valence-electron chi connectivity index (χ4n) is 2.39. The van der Waals surface area contributed by atoms with E-state index >= 15 is 0 Å². The van der Waals surface area contributed by atoms with Crippen LogP contribution in [0.2, 0.25) is 0 Å². The van der Waals surface area contributed by atoms with Crippen molar-refractivity contribution in [1.82, 2.24) is 20.1 Å². The van der Waals surface area contributed by atoms with Crippen LogP contribution >= 0.6 is 11.3 Å². The SMILES string of the molecule is CN(Cc1nccs1)Cc1n[nH]c2c1CCC2. The molecule has 2 aromatic rings. The molecule has 0 atom stereocenters. The van der Waals surface area contributed by atoms with Gasteiger partial charge in [-0.15, -0.1) is 11.3 Å². The van der Waals surface area contributed by atoms with Crippen molar-refractivity contribution >= 4 is 11.3 Å². The molecule has 0 aliphatic heterocycles. The third kappa shape index (κ3) is 2.25. The second kappa shape index (κ2) is 4.58. The molecular weight excluding hydrogens is 232 g/mol. The predicted molar refractivity (Wildman–Crippen MR) is 67.9 cm³/mol. The van der Waals surface area contributed by atoms with Crippen molar-refractivity contribution in [1.29, 1.82) is 0 Å². The van der Waals surface area contributed by atoms with Crippen LogP contribution < -0.4 is 0 Å². The highest BCUT2D eigenvalue weighted by Crippen LogP contribution is 2.23. The molecule has 5 heteroatoms. The van der Waals surface area contributed by atoms with Gasteiger partial charge in [0.1, 0.15) is 5.01 Å². The standard InChI is InChI=1S/C12H16N4S/c1-16(8-12-13-5-6-17-12)7-11-9-3-2-4-10(9)14-15-11/h5-6H,2-4,7-8H2,1H3,(H,14,15). The Morgan fingerprint density at radius 3 is 3.18 bits per heavy atom. The Hall–Kier alpha value is -1.20. The minimum absolute atomic E-state index is 0.902. The quantitative estimate of drug-likeness (QED) is 0.900. The number of aromatic amines is 1. The molecule has 0 amide bonds. The Kier molecular flexibility index (Phi) is 2.94. The van der Waals surface area contributed by atoms with Crippen molar-refractivity contribution in [3.05, 3.63) is 33.5 Å². The summed E-state index contributed by atoms with van der Waals surface area (Å²) in [4.78, 5) is 6.58. The fourth-order valence-corrected chi connectivity index (χ4v) is 3.09. The second-order valence-electron chi connectivity index (χ2n) is 4.58. The van der Waals surface area contributed by atoms with E-state index in [1.165, 1.54) is 41.2 Å². The summed E-state index contributed by atoms with van der Waals surface area (Å²) in [5.74, 6) is 0. The van der Waals surface area contributed by atoms with Gasteiger partial charge in [0.05, 0.1) is 12.2 Å². The van der Waals surface area contributed by atoms with E-state index in [0.29, 0.717) is 0 Å². The molecule has 2 aromatic heterocycles. The molecular formula is C12H16N4S. The summed E-state index contributed by atoms with van der Waals surface area (Å²) in [6, 6.07) is 0. The molecule has 2 heterocycles. The molecule has 17 heavy (non-hydrogen) atoms. The number of nitrogens with zero attached hydrogens (tertiary/aromatic N) is 3. The zero-order valence-electron chi connectivity index (χ0n) is 9.94. The van der Waals surface area contributed by atoms with Crippen LogP contribution in [0.1, 0.15) is 28.4 Å². The largest absolute Gasteiger partial charge is 0.294 e. The van der Waals surface area contributed by atoms with Gasteiger partial charge in [0.15, 0.2) is 0 Å². The van der Waals surface area contributed by atoms with Gasteiger partial charge in [-0.1, -0.05) is 0 Å². The fraction of sp³-hybridized carbons (Fsp3) is 0.500. The minimum atomic E-state index is 0.902. The molecule has 0 aromatic carbocycles. The second-order valence-corrected chi connectivity index (χ2v) is 5.56. The zero-order chi connectivity index (χ0) is 11.7. The van der Waals surface area contributed by atoms with Crippen molar-refractivity contribution in [3.8, 4) is 0 Å². The molecule has 3 rings (SSSR count). The van der Waals surface area contributed by atoms with Gasteiger partial charge < -0.3 is 0 Å². The van der Waals surface area contributed by atoms with Crippen molar-refractivity contribution < 1.29 is 0 Å². The maximum Gasteiger partial charge on any atom is 0.107 e. The Labute approximate surface area is 105 Å². The van der Waals surface area contributed by atoms with Crippen LogP contribution in [0, 0.1) is 0 Å². The van der Waals surface area contributed by atoms with Crippen molar-refractivity contribution in [2.45, 2.75) is 32.4 Å². The molecule has 1 aliphatic carbocycles. The summed E-state index contributed by atoms with van der Waals surface area (Å²) in [7, 11) is 2.12. The lowest BCUT2D eigenvalue weighted by Gasteiger charge is -2.13. The summed E-state index contributed by atoms with van der Waals surface area (Å²) in [5.41, 5.74) is 4.02. The first-order chi connectivity index (χ1) is 8.33. The smallest absolute Gasteiger partial charge is 0.107 e. The number of aryl methyl sites for hydroxylation is 1. The van der Waals surface area contributed by atoms with Crippen LogP contribution in [0.25, 0.3) is 0 Å². The summed E-state index contributed by atoms with van der Waals surface area (Å²) in [5, 5.41) is 10.8. The molecule has 0 spiro atoms. The van der Waals surface area contributed by atoms with Gasteiger partial charge in [-0.05, 0) is 31.9 Å². The van der Waals surface area contributed by atoms with E-state index in [9.17, 15) is 0 Å². The molecule has 0 unspecified atom stereocenters. The van der Waals surface area contributed by atoms with E-state index in [2.05, 4.69) is 27.1 Å². The first-order valence-corrected chi connectivity index (χ1v) is 6.83. The molecule has 0 radical (unpaired) electrons. The molecule has 1 aliphatic rings. The Bertz CT molecular complexity index is 489. The Morgan fingerprint density at radius 1 is 1.41 bits per heavy atom. The van der Waals surface area contributed by atoms with E-state index in [0.717, 1.165) is 13.1 Å². The highest BCUT2D eigenvalue weighted by Gasteiger charge is 2.19. The number of nitrogens with one attached hydrogen (secondary N) is 1. The Balaban J connectivity index is 1.66. The number of hydrogen-bond acceptors (Lipinski definition) is 4. The zero-order valence-corrected chi connectivity index (χ0v) is 10.8. The lowest BCUT2D eigenvalue weighted by atomic mass is 10.2. The normalized spacial score (nSPS) is 14.5.